The van der Waals surface area contributed by atoms with Crippen LogP contribution in [0.2, 0.25) is 0 Å². The van der Waals surface area contributed by atoms with Crippen LogP contribution >= 0.6 is 0 Å². The van der Waals surface area contributed by atoms with E-state index in [4.69, 9.17) is 14.2 Å². The Morgan fingerprint density at radius 2 is 1.41 bits per heavy atom. The van der Waals surface area contributed by atoms with E-state index in [0.29, 0.717) is 19.8 Å². The molecule has 0 amide bonds. The van der Waals surface area contributed by atoms with Crippen molar-refractivity contribution in [2.45, 2.75) is 89.8 Å². The summed E-state index contributed by atoms with van der Waals surface area (Å²) in [7, 11) is 0. The number of rotatable bonds is 14. The van der Waals surface area contributed by atoms with Gasteiger partial charge in [0, 0.05) is 6.42 Å². The van der Waals surface area contributed by atoms with Crippen molar-refractivity contribution in [2.24, 2.45) is 0 Å². The standard InChI is InChI=1S/C31H40O3/c1-2-3-4-5-6-7-8-9-16-21-29-22-23-30(33-25-28-19-14-11-15-20-28)31(34-29)26-32-24-27-17-12-10-13-18-27/h10-15,17-20,22-23,29-31H,2-9,24-26H2,1H3/t29-,30+,31-/m1/s1. The van der Waals surface area contributed by atoms with Crippen LogP contribution in [-0.4, -0.2) is 24.9 Å². The SMILES string of the molecule is CCCCCCCCCC#C[C@@H]1C=C[C@H](OCc2ccccc2)[C@@H](COCc2ccccc2)O1. The molecule has 2 aromatic carbocycles. The topological polar surface area (TPSA) is 27.7 Å². The third-order valence-corrected chi connectivity index (χ3v) is 5.99. The van der Waals surface area contributed by atoms with E-state index in [1.807, 2.05) is 42.5 Å². The third-order valence-electron chi connectivity index (χ3n) is 5.99. The number of hydrogen-bond donors (Lipinski definition) is 0. The highest BCUT2D eigenvalue weighted by Gasteiger charge is 2.27. The van der Waals surface area contributed by atoms with Gasteiger partial charge < -0.3 is 14.2 Å². The normalized spacial score (nSPS) is 19.5. The van der Waals surface area contributed by atoms with Crippen molar-refractivity contribution < 1.29 is 14.2 Å². The van der Waals surface area contributed by atoms with Gasteiger partial charge in [-0.2, -0.15) is 0 Å². The maximum Gasteiger partial charge on any atom is 0.137 e. The molecule has 2 aromatic rings. The first-order valence-corrected chi connectivity index (χ1v) is 12.9. The van der Waals surface area contributed by atoms with Gasteiger partial charge in [0.25, 0.3) is 0 Å². The zero-order valence-electron chi connectivity index (χ0n) is 20.7. The molecule has 1 aliphatic heterocycles. The van der Waals surface area contributed by atoms with Crippen LogP contribution in [0, 0.1) is 11.8 Å². The number of ether oxygens (including phenoxy) is 3. The monoisotopic (exact) mass is 460 g/mol. The molecule has 0 aliphatic carbocycles. The molecule has 0 radical (unpaired) electrons. The first-order chi connectivity index (χ1) is 16.8. The molecule has 182 valence electrons. The van der Waals surface area contributed by atoms with Gasteiger partial charge in [0.05, 0.1) is 19.8 Å². The molecule has 0 unspecified atom stereocenters. The minimum atomic E-state index is -0.202. The van der Waals surface area contributed by atoms with Gasteiger partial charge in [-0.25, -0.2) is 0 Å². The van der Waals surface area contributed by atoms with E-state index in [9.17, 15) is 0 Å². The van der Waals surface area contributed by atoms with E-state index >= 15 is 0 Å². The second-order valence-corrected chi connectivity index (χ2v) is 8.93. The highest BCUT2D eigenvalue weighted by molar-refractivity contribution is 5.18. The maximum absolute atomic E-state index is 6.29. The predicted octanol–water partition coefficient (Wildman–Crippen LogP) is 7.26. The van der Waals surface area contributed by atoms with Crippen LogP contribution in [0.3, 0.4) is 0 Å². The Kier molecular flexibility index (Phi) is 12.6. The molecule has 0 saturated carbocycles. The highest BCUT2D eigenvalue weighted by atomic mass is 16.6. The highest BCUT2D eigenvalue weighted by Crippen LogP contribution is 2.19. The summed E-state index contributed by atoms with van der Waals surface area (Å²) in [5.41, 5.74) is 2.30. The fourth-order valence-corrected chi connectivity index (χ4v) is 4.00. The molecule has 1 aliphatic rings. The molecule has 0 saturated heterocycles. The van der Waals surface area contributed by atoms with Crippen LogP contribution in [0.15, 0.2) is 72.8 Å². The van der Waals surface area contributed by atoms with Gasteiger partial charge in [-0.1, -0.05) is 118 Å². The minimum Gasteiger partial charge on any atom is -0.374 e. The van der Waals surface area contributed by atoms with E-state index < -0.39 is 0 Å². The van der Waals surface area contributed by atoms with Crippen LogP contribution in [0.25, 0.3) is 0 Å². The summed E-state index contributed by atoms with van der Waals surface area (Å²) in [4.78, 5) is 0. The van der Waals surface area contributed by atoms with Crippen LogP contribution in [0.4, 0.5) is 0 Å². The Bertz CT molecular complexity index is 866. The number of unbranched alkanes of at least 4 members (excludes halogenated alkanes) is 7. The number of benzene rings is 2. The Labute approximate surface area is 206 Å². The van der Waals surface area contributed by atoms with Crippen LogP contribution < -0.4 is 0 Å². The lowest BCUT2D eigenvalue weighted by atomic mass is 10.1. The Balaban J connectivity index is 1.47. The van der Waals surface area contributed by atoms with Crippen LogP contribution in [0.1, 0.15) is 69.4 Å². The molecule has 34 heavy (non-hydrogen) atoms. The maximum atomic E-state index is 6.29. The minimum absolute atomic E-state index is 0.155. The van der Waals surface area contributed by atoms with Crippen molar-refractivity contribution in [1.29, 1.82) is 0 Å². The summed E-state index contributed by atoms with van der Waals surface area (Å²) < 4.78 is 18.5. The van der Waals surface area contributed by atoms with Crippen molar-refractivity contribution in [3.8, 4) is 11.8 Å². The average Bonchev–Trinajstić information content (AvgIpc) is 2.88. The second kappa shape index (κ2) is 16.3. The molecule has 0 spiro atoms. The second-order valence-electron chi connectivity index (χ2n) is 8.93. The van der Waals surface area contributed by atoms with Crippen molar-refractivity contribution in [2.75, 3.05) is 6.61 Å². The van der Waals surface area contributed by atoms with E-state index in [1.54, 1.807) is 0 Å². The van der Waals surface area contributed by atoms with Gasteiger partial charge in [-0.05, 0) is 23.6 Å². The summed E-state index contributed by atoms with van der Waals surface area (Å²) in [6.45, 7) is 3.83. The smallest absolute Gasteiger partial charge is 0.137 e. The molecule has 3 rings (SSSR count). The lowest BCUT2D eigenvalue weighted by Crippen LogP contribution is -2.39. The molecular weight excluding hydrogens is 420 g/mol. The molecule has 0 bridgehead atoms. The Hall–Kier alpha value is -2.38. The molecule has 0 aromatic heterocycles. The average molecular weight is 461 g/mol. The lowest BCUT2D eigenvalue weighted by Gasteiger charge is -2.30. The molecule has 3 nitrogen and oxygen atoms in total. The summed E-state index contributed by atoms with van der Waals surface area (Å²) in [5, 5.41) is 0. The first-order valence-electron chi connectivity index (χ1n) is 12.9. The quantitative estimate of drug-likeness (QED) is 0.169. The predicted molar refractivity (Wildman–Crippen MR) is 139 cm³/mol. The van der Waals surface area contributed by atoms with Crippen LogP contribution in [0.5, 0.6) is 0 Å². The van der Waals surface area contributed by atoms with Crippen molar-refractivity contribution in [3.63, 3.8) is 0 Å². The third kappa shape index (κ3) is 10.3. The van der Waals surface area contributed by atoms with E-state index in [2.05, 4.69) is 49.1 Å². The fraction of sp³-hybridized carbons (Fsp3) is 0.484. The lowest BCUT2D eigenvalue weighted by molar-refractivity contribution is -0.107. The van der Waals surface area contributed by atoms with E-state index in [-0.39, 0.29) is 18.3 Å². The molecule has 3 heteroatoms. The molecule has 1 heterocycles. The molecule has 0 fully saturated rings. The van der Waals surface area contributed by atoms with Gasteiger partial charge in [0.2, 0.25) is 0 Å². The zero-order valence-corrected chi connectivity index (χ0v) is 20.7. The van der Waals surface area contributed by atoms with E-state index in [0.717, 1.165) is 17.5 Å². The number of hydrogen-bond acceptors (Lipinski definition) is 3. The van der Waals surface area contributed by atoms with Gasteiger partial charge in [0.1, 0.15) is 18.3 Å². The zero-order chi connectivity index (χ0) is 23.7. The van der Waals surface area contributed by atoms with Crippen molar-refractivity contribution in [3.05, 3.63) is 83.9 Å². The largest absolute Gasteiger partial charge is 0.374 e. The molecule has 3 atom stereocenters. The van der Waals surface area contributed by atoms with E-state index in [1.165, 1.54) is 44.9 Å². The van der Waals surface area contributed by atoms with Gasteiger partial charge in [0.15, 0.2) is 0 Å². The van der Waals surface area contributed by atoms with Crippen molar-refractivity contribution in [1.82, 2.24) is 0 Å². The summed E-state index contributed by atoms with van der Waals surface area (Å²) in [6, 6.07) is 20.4. The van der Waals surface area contributed by atoms with Crippen LogP contribution in [-0.2, 0) is 27.4 Å². The first kappa shape index (κ1) is 26.2. The molecular formula is C31H40O3. The Morgan fingerprint density at radius 1 is 0.765 bits per heavy atom. The summed E-state index contributed by atoms with van der Waals surface area (Å²) >= 11 is 0. The summed E-state index contributed by atoms with van der Waals surface area (Å²) in [5.74, 6) is 6.62. The van der Waals surface area contributed by atoms with Gasteiger partial charge in [-0.15, -0.1) is 5.92 Å². The van der Waals surface area contributed by atoms with Crippen molar-refractivity contribution >= 4 is 0 Å². The van der Waals surface area contributed by atoms with Gasteiger partial charge in [-0.3, -0.25) is 0 Å². The van der Waals surface area contributed by atoms with Gasteiger partial charge >= 0.3 is 0 Å². The summed E-state index contributed by atoms with van der Waals surface area (Å²) in [6.07, 6.45) is 13.7. The molecule has 0 N–H and O–H groups in total. The Morgan fingerprint density at radius 3 is 2.12 bits per heavy atom. The fourth-order valence-electron chi connectivity index (χ4n) is 4.00.